The van der Waals surface area contributed by atoms with Crippen LogP contribution in [0.5, 0.6) is 5.88 Å². The van der Waals surface area contributed by atoms with E-state index in [-0.39, 0.29) is 0 Å². The summed E-state index contributed by atoms with van der Waals surface area (Å²) in [6.45, 7) is 4.63. The van der Waals surface area contributed by atoms with Crippen molar-refractivity contribution in [3.05, 3.63) is 40.9 Å². The molecule has 0 saturated carbocycles. The molecular formula is C12H15N3O2. The van der Waals surface area contributed by atoms with Crippen LogP contribution in [0.15, 0.2) is 22.9 Å². The van der Waals surface area contributed by atoms with Crippen LogP contribution in [0.3, 0.4) is 0 Å². The highest BCUT2D eigenvalue weighted by Crippen LogP contribution is 2.16. The number of nitrogens with two attached hydrogens (primary N) is 1. The Morgan fingerprint density at radius 1 is 1.41 bits per heavy atom. The molecule has 2 rings (SSSR count). The molecule has 5 nitrogen and oxygen atoms in total. The molecule has 0 fully saturated rings. The van der Waals surface area contributed by atoms with Gasteiger partial charge in [0.15, 0.2) is 0 Å². The highest BCUT2D eigenvalue weighted by Gasteiger charge is 2.09. The molecule has 0 aliphatic heterocycles. The largest absolute Gasteiger partial charge is 0.473 e. The number of ether oxygens (including phenoxy) is 1. The van der Waals surface area contributed by atoms with Crippen molar-refractivity contribution in [3.8, 4) is 5.88 Å². The molecular weight excluding hydrogens is 218 g/mol. The lowest BCUT2D eigenvalue weighted by molar-refractivity contribution is 0.289. The zero-order valence-electron chi connectivity index (χ0n) is 9.93. The van der Waals surface area contributed by atoms with E-state index in [4.69, 9.17) is 15.0 Å². The maximum atomic E-state index is 5.59. The summed E-state index contributed by atoms with van der Waals surface area (Å²) >= 11 is 0. The molecule has 17 heavy (non-hydrogen) atoms. The number of hydrogen-bond donors (Lipinski definition) is 1. The molecule has 2 heterocycles. The van der Waals surface area contributed by atoms with Gasteiger partial charge in [0.25, 0.3) is 0 Å². The third kappa shape index (κ3) is 2.62. The summed E-state index contributed by atoms with van der Waals surface area (Å²) in [4.78, 5) is 4.12. The van der Waals surface area contributed by atoms with Gasteiger partial charge in [-0.05, 0) is 25.5 Å². The Kier molecular flexibility index (Phi) is 3.39. The first-order valence-corrected chi connectivity index (χ1v) is 5.40. The third-order valence-corrected chi connectivity index (χ3v) is 2.58. The van der Waals surface area contributed by atoms with Gasteiger partial charge in [0.1, 0.15) is 12.4 Å². The first-order valence-electron chi connectivity index (χ1n) is 5.40. The molecule has 2 aromatic heterocycles. The Morgan fingerprint density at radius 2 is 2.24 bits per heavy atom. The molecule has 2 aromatic rings. The first-order chi connectivity index (χ1) is 8.20. The SMILES string of the molecule is Cc1noc(C)c1COc1cc(CN)ccn1. The molecule has 0 spiro atoms. The van der Waals surface area contributed by atoms with Crippen molar-refractivity contribution in [2.24, 2.45) is 5.73 Å². The third-order valence-electron chi connectivity index (χ3n) is 2.58. The van der Waals surface area contributed by atoms with E-state index in [0.29, 0.717) is 19.0 Å². The molecule has 0 radical (unpaired) electrons. The Morgan fingerprint density at radius 3 is 2.88 bits per heavy atom. The van der Waals surface area contributed by atoms with Crippen molar-refractivity contribution in [2.45, 2.75) is 27.0 Å². The molecule has 0 amide bonds. The van der Waals surface area contributed by atoms with Gasteiger partial charge in [0.2, 0.25) is 5.88 Å². The Bertz CT molecular complexity index is 489. The zero-order chi connectivity index (χ0) is 12.3. The topological polar surface area (TPSA) is 74.2 Å². The number of aromatic nitrogens is 2. The summed E-state index contributed by atoms with van der Waals surface area (Å²) < 4.78 is 10.6. The Labute approximate surface area is 99.6 Å². The molecule has 5 heteroatoms. The van der Waals surface area contributed by atoms with E-state index in [0.717, 1.165) is 22.6 Å². The second kappa shape index (κ2) is 4.97. The standard InChI is InChI=1S/C12H15N3O2/c1-8-11(9(2)17-15-8)7-16-12-5-10(6-13)3-4-14-12/h3-5H,6-7,13H2,1-2H3. The van der Waals surface area contributed by atoms with E-state index in [1.807, 2.05) is 26.0 Å². The average Bonchev–Trinajstić information content (AvgIpc) is 2.67. The van der Waals surface area contributed by atoms with Gasteiger partial charge in [-0.2, -0.15) is 0 Å². The molecule has 90 valence electrons. The molecule has 0 atom stereocenters. The van der Waals surface area contributed by atoms with Gasteiger partial charge in [0, 0.05) is 18.8 Å². The number of hydrogen-bond acceptors (Lipinski definition) is 5. The van der Waals surface area contributed by atoms with Gasteiger partial charge in [-0.25, -0.2) is 4.98 Å². The van der Waals surface area contributed by atoms with Crippen molar-refractivity contribution in [1.29, 1.82) is 0 Å². The zero-order valence-corrected chi connectivity index (χ0v) is 9.93. The normalized spacial score (nSPS) is 10.5. The molecule has 0 aliphatic carbocycles. The van der Waals surface area contributed by atoms with Crippen LogP contribution in [0.4, 0.5) is 0 Å². The predicted molar refractivity (Wildman–Crippen MR) is 62.4 cm³/mol. The van der Waals surface area contributed by atoms with Crippen LogP contribution in [0.2, 0.25) is 0 Å². The highest BCUT2D eigenvalue weighted by atomic mass is 16.5. The summed E-state index contributed by atoms with van der Waals surface area (Å²) in [5.41, 5.74) is 8.35. The maximum Gasteiger partial charge on any atom is 0.213 e. The van der Waals surface area contributed by atoms with Gasteiger partial charge in [0.05, 0.1) is 11.3 Å². The van der Waals surface area contributed by atoms with Crippen LogP contribution >= 0.6 is 0 Å². The summed E-state index contributed by atoms with van der Waals surface area (Å²) in [5.74, 6) is 1.34. The maximum absolute atomic E-state index is 5.59. The second-order valence-electron chi connectivity index (χ2n) is 3.80. The molecule has 0 aromatic carbocycles. The van der Waals surface area contributed by atoms with Crippen LogP contribution < -0.4 is 10.5 Å². The molecule has 0 bridgehead atoms. The van der Waals surface area contributed by atoms with E-state index in [2.05, 4.69) is 10.1 Å². The summed E-state index contributed by atoms with van der Waals surface area (Å²) in [6.07, 6.45) is 1.69. The van der Waals surface area contributed by atoms with Gasteiger partial charge in [-0.15, -0.1) is 0 Å². The fraction of sp³-hybridized carbons (Fsp3) is 0.333. The van der Waals surface area contributed by atoms with Crippen molar-refractivity contribution in [2.75, 3.05) is 0 Å². The van der Waals surface area contributed by atoms with Crippen molar-refractivity contribution >= 4 is 0 Å². The predicted octanol–water partition coefficient (Wildman–Crippen LogP) is 1.72. The van der Waals surface area contributed by atoms with Crippen LogP contribution in [0, 0.1) is 13.8 Å². The van der Waals surface area contributed by atoms with E-state index in [1.54, 1.807) is 6.20 Å². The number of aryl methyl sites for hydroxylation is 2. The average molecular weight is 233 g/mol. The first kappa shape index (κ1) is 11.6. The van der Waals surface area contributed by atoms with Crippen LogP contribution in [-0.4, -0.2) is 10.1 Å². The number of nitrogens with zero attached hydrogens (tertiary/aromatic N) is 2. The lowest BCUT2D eigenvalue weighted by Gasteiger charge is -2.05. The van der Waals surface area contributed by atoms with Crippen LogP contribution in [0.25, 0.3) is 0 Å². The smallest absolute Gasteiger partial charge is 0.213 e. The molecule has 0 saturated heterocycles. The van der Waals surface area contributed by atoms with Gasteiger partial charge >= 0.3 is 0 Å². The monoisotopic (exact) mass is 233 g/mol. The van der Waals surface area contributed by atoms with E-state index in [1.165, 1.54) is 0 Å². The molecule has 2 N–H and O–H groups in total. The lowest BCUT2D eigenvalue weighted by Crippen LogP contribution is -2.01. The summed E-state index contributed by atoms with van der Waals surface area (Å²) in [7, 11) is 0. The lowest BCUT2D eigenvalue weighted by atomic mass is 10.2. The summed E-state index contributed by atoms with van der Waals surface area (Å²) in [5, 5.41) is 3.87. The van der Waals surface area contributed by atoms with E-state index >= 15 is 0 Å². The van der Waals surface area contributed by atoms with Crippen molar-refractivity contribution in [1.82, 2.24) is 10.1 Å². The molecule has 0 unspecified atom stereocenters. The number of pyridine rings is 1. The fourth-order valence-electron chi connectivity index (χ4n) is 1.51. The minimum Gasteiger partial charge on any atom is -0.473 e. The minimum atomic E-state index is 0.405. The fourth-order valence-corrected chi connectivity index (χ4v) is 1.51. The molecule has 0 aliphatic rings. The quantitative estimate of drug-likeness (QED) is 0.870. The van der Waals surface area contributed by atoms with Crippen LogP contribution in [-0.2, 0) is 13.2 Å². The Hall–Kier alpha value is -1.88. The minimum absolute atomic E-state index is 0.405. The van der Waals surface area contributed by atoms with Crippen LogP contribution in [0.1, 0.15) is 22.6 Å². The highest BCUT2D eigenvalue weighted by molar-refractivity contribution is 5.23. The Balaban J connectivity index is 2.07. The van der Waals surface area contributed by atoms with Crippen molar-refractivity contribution < 1.29 is 9.26 Å². The van der Waals surface area contributed by atoms with E-state index < -0.39 is 0 Å². The van der Waals surface area contributed by atoms with Gasteiger partial charge in [-0.3, -0.25) is 0 Å². The number of rotatable bonds is 4. The van der Waals surface area contributed by atoms with Gasteiger partial charge < -0.3 is 15.0 Å². The van der Waals surface area contributed by atoms with E-state index in [9.17, 15) is 0 Å². The van der Waals surface area contributed by atoms with Gasteiger partial charge in [-0.1, -0.05) is 5.16 Å². The second-order valence-corrected chi connectivity index (χ2v) is 3.80. The van der Waals surface area contributed by atoms with Crippen molar-refractivity contribution in [3.63, 3.8) is 0 Å². The summed E-state index contributed by atoms with van der Waals surface area (Å²) in [6, 6.07) is 3.70.